The summed E-state index contributed by atoms with van der Waals surface area (Å²) in [4.78, 5) is 12.5. The molecule has 0 saturated heterocycles. The number of carbonyl (C=O) groups excluding carboxylic acids is 1. The van der Waals surface area contributed by atoms with E-state index in [2.05, 4.69) is 16.5 Å². The highest BCUT2D eigenvalue weighted by Gasteiger charge is 2.32. The minimum absolute atomic E-state index is 0.209. The zero-order chi connectivity index (χ0) is 17.3. The molecule has 124 valence electrons. The highest BCUT2D eigenvalue weighted by Crippen LogP contribution is 2.38. The van der Waals surface area contributed by atoms with E-state index in [4.69, 9.17) is 5.26 Å². The zero-order valence-corrected chi connectivity index (χ0v) is 13.8. The lowest BCUT2D eigenvalue weighted by Crippen LogP contribution is -2.32. The SMILES string of the molecule is Cc1c(-c2ccc(C#N)cc2)nn(C2CC2)c1C(=O)NC[C@H](C)O. The fourth-order valence-corrected chi connectivity index (χ4v) is 2.68. The Kier molecular flexibility index (Phi) is 4.36. The second kappa shape index (κ2) is 6.46. The maximum absolute atomic E-state index is 12.5. The summed E-state index contributed by atoms with van der Waals surface area (Å²) in [5, 5.41) is 25.7. The monoisotopic (exact) mass is 324 g/mol. The third kappa shape index (κ3) is 3.17. The molecule has 1 atom stereocenters. The molecule has 0 aliphatic heterocycles. The molecule has 1 amide bonds. The standard InChI is InChI=1S/C18H20N4O2/c1-11(23)10-20-18(24)17-12(2)16(21-22(17)15-7-8-15)14-5-3-13(9-19)4-6-14/h3-6,11,15,23H,7-8,10H2,1-2H3,(H,20,24)/t11-/m0/s1. The lowest BCUT2D eigenvalue weighted by atomic mass is 10.1. The van der Waals surface area contributed by atoms with Crippen LogP contribution >= 0.6 is 0 Å². The molecule has 1 heterocycles. The summed E-state index contributed by atoms with van der Waals surface area (Å²) in [7, 11) is 0. The Balaban J connectivity index is 1.98. The molecule has 2 aromatic rings. The van der Waals surface area contributed by atoms with Gasteiger partial charge in [-0.25, -0.2) is 0 Å². The second-order valence-electron chi connectivity index (χ2n) is 6.25. The Morgan fingerprint density at radius 1 is 1.46 bits per heavy atom. The van der Waals surface area contributed by atoms with Gasteiger partial charge in [-0.1, -0.05) is 12.1 Å². The molecule has 1 aliphatic carbocycles. The highest BCUT2D eigenvalue weighted by atomic mass is 16.3. The van der Waals surface area contributed by atoms with Gasteiger partial charge in [0.15, 0.2) is 0 Å². The predicted molar refractivity (Wildman–Crippen MR) is 89.4 cm³/mol. The third-order valence-corrected chi connectivity index (χ3v) is 4.10. The molecule has 3 rings (SSSR count). The highest BCUT2D eigenvalue weighted by molar-refractivity contribution is 5.95. The van der Waals surface area contributed by atoms with Gasteiger partial charge in [0.1, 0.15) is 5.69 Å². The van der Waals surface area contributed by atoms with Crippen LogP contribution < -0.4 is 5.32 Å². The van der Waals surface area contributed by atoms with Crippen molar-refractivity contribution in [2.45, 2.75) is 38.8 Å². The molecule has 1 fully saturated rings. The van der Waals surface area contributed by atoms with Crippen LogP contribution in [0.3, 0.4) is 0 Å². The second-order valence-corrected chi connectivity index (χ2v) is 6.25. The largest absolute Gasteiger partial charge is 0.392 e. The maximum atomic E-state index is 12.5. The number of nitrogens with one attached hydrogen (secondary N) is 1. The maximum Gasteiger partial charge on any atom is 0.269 e. The molecule has 2 N–H and O–H groups in total. The van der Waals surface area contributed by atoms with E-state index in [1.54, 1.807) is 23.7 Å². The predicted octanol–water partition coefficient (Wildman–Crippen LogP) is 2.18. The van der Waals surface area contributed by atoms with Crippen LogP contribution in [0.25, 0.3) is 11.3 Å². The van der Waals surface area contributed by atoms with Crippen molar-refractivity contribution in [1.29, 1.82) is 5.26 Å². The number of aliphatic hydroxyl groups is 1. The van der Waals surface area contributed by atoms with Crippen molar-refractivity contribution < 1.29 is 9.90 Å². The van der Waals surface area contributed by atoms with Crippen molar-refractivity contribution in [3.05, 3.63) is 41.1 Å². The van der Waals surface area contributed by atoms with Crippen molar-refractivity contribution >= 4 is 5.91 Å². The fourth-order valence-electron chi connectivity index (χ4n) is 2.68. The number of aliphatic hydroxyl groups excluding tert-OH is 1. The number of amides is 1. The van der Waals surface area contributed by atoms with Crippen LogP contribution in [0.2, 0.25) is 0 Å². The Morgan fingerprint density at radius 2 is 2.12 bits per heavy atom. The molecular weight excluding hydrogens is 304 g/mol. The minimum Gasteiger partial charge on any atom is -0.392 e. The molecule has 0 spiro atoms. The lowest BCUT2D eigenvalue weighted by molar-refractivity contribution is 0.0912. The average molecular weight is 324 g/mol. The molecule has 1 aromatic carbocycles. The summed E-state index contributed by atoms with van der Waals surface area (Å²) in [5.74, 6) is -0.215. The summed E-state index contributed by atoms with van der Waals surface area (Å²) in [6.45, 7) is 3.73. The molecule has 0 unspecified atom stereocenters. The van der Waals surface area contributed by atoms with Crippen molar-refractivity contribution in [1.82, 2.24) is 15.1 Å². The average Bonchev–Trinajstić information content (AvgIpc) is 3.36. The van der Waals surface area contributed by atoms with E-state index >= 15 is 0 Å². The summed E-state index contributed by atoms with van der Waals surface area (Å²) in [6.07, 6.45) is 1.44. The van der Waals surface area contributed by atoms with Crippen LogP contribution in [0.1, 0.15) is 47.4 Å². The van der Waals surface area contributed by atoms with E-state index in [9.17, 15) is 9.90 Å². The van der Waals surface area contributed by atoms with Crippen LogP contribution in [0, 0.1) is 18.3 Å². The number of hydrogen-bond acceptors (Lipinski definition) is 4. The first kappa shape index (κ1) is 16.2. The zero-order valence-electron chi connectivity index (χ0n) is 13.8. The molecule has 6 heteroatoms. The molecule has 1 aliphatic rings. The number of nitriles is 1. The van der Waals surface area contributed by atoms with Gasteiger partial charge in [0.2, 0.25) is 0 Å². The lowest BCUT2D eigenvalue weighted by Gasteiger charge is -2.09. The molecule has 0 radical (unpaired) electrons. The van der Waals surface area contributed by atoms with Crippen LogP contribution in [0.5, 0.6) is 0 Å². The van der Waals surface area contributed by atoms with E-state index in [1.807, 2.05) is 19.1 Å². The van der Waals surface area contributed by atoms with Gasteiger partial charge in [-0.15, -0.1) is 0 Å². The quantitative estimate of drug-likeness (QED) is 0.882. The van der Waals surface area contributed by atoms with E-state index < -0.39 is 6.10 Å². The van der Waals surface area contributed by atoms with Gasteiger partial charge >= 0.3 is 0 Å². The summed E-state index contributed by atoms with van der Waals surface area (Å²) in [6, 6.07) is 9.56. The van der Waals surface area contributed by atoms with Crippen molar-refractivity contribution in [2.24, 2.45) is 0 Å². The van der Waals surface area contributed by atoms with Gasteiger partial charge in [-0.3, -0.25) is 9.48 Å². The molecule has 24 heavy (non-hydrogen) atoms. The van der Waals surface area contributed by atoms with Crippen molar-refractivity contribution in [3.8, 4) is 17.3 Å². The first-order valence-corrected chi connectivity index (χ1v) is 8.07. The van der Waals surface area contributed by atoms with E-state index in [1.165, 1.54) is 0 Å². The Morgan fingerprint density at radius 3 is 2.67 bits per heavy atom. The molecule has 0 bridgehead atoms. The topological polar surface area (TPSA) is 90.9 Å². The Hall–Kier alpha value is -2.65. The summed E-state index contributed by atoms with van der Waals surface area (Å²) >= 11 is 0. The van der Waals surface area contributed by atoms with Gasteiger partial charge in [0, 0.05) is 17.7 Å². The van der Waals surface area contributed by atoms with Gasteiger partial charge in [-0.2, -0.15) is 10.4 Å². The number of rotatable bonds is 5. The third-order valence-electron chi connectivity index (χ3n) is 4.10. The number of nitrogens with zero attached hydrogens (tertiary/aromatic N) is 3. The van der Waals surface area contributed by atoms with Crippen molar-refractivity contribution in [2.75, 3.05) is 6.54 Å². The van der Waals surface area contributed by atoms with E-state index in [-0.39, 0.29) is 18.5 Å². The van der Waals surface area contributed by atoms with Gasteiger partial charge in [-0.05, 0) is 38.8 Å². The van der Waals surface area contributed by atoms with Gasteiger partial charge in [0.25, 0.3) is 5.91 Å². The number of aromatic nitrogens is 2. The minimum atomic E-state index is -0.593. The van der Waals surface area contributed by atoms with Crippen molar-refractivity contribution in [3.63, 3.8) is 0 Å². The molecule has 6 nitrogen and oxygen atoms in total. The Bertz CT molecular complexity index is 796. The number of benzene rings is 1. The van der Waals surface area contributed by atoms with Crippen LogP contribution in [-0.2, 0) is 0 Å². The van der Waals surface area contributed by atoms with Crippen LogP contribution in [0.15, 0.2) is 24.3 Å². The molecule has 1 saturated carbocycles. The first-order valence-electron chi connectivity index (χ1n) is 8.07. The first-order chi connectivity index (χ1) is 11.5. The van der Waals surface area contributed by atoms with Crippen LogP contribution in [-0.4, -0.2) is 33.4 Å². The summed E-state index contributed by atoms with van der Waals surface area (Å²) < 4.78 is 1.81. The summed E-state index contributed by atoms with van der Waals surface area (Å²) in [5.41, 5.74) is 3.60. The van der Waals surface area contributed by atoms with Gasteiger partial charge in [0.05, 0.1) is 29.5 Å². The number of hydrogen-bond donors (Lipinski definition) is 2. The smallest absolute Gasteiger partial charge is 0.269 e. The molecule has 1 aromatic heterocycles. The molecular formula is C18H20N4O2. The van der Waals surface area contributed by atoms with Crippen LogP contribution in [0.4, 0.5) is 0 Å². The normalized spacial score (nSPS) is 14.9. The van der Waals surface area contributed by atoms with E-state index in [0.717, 1.165) is 29.7 Å². The number of carbonyl (C=O) groups is 1. The van der Waals surface area contributed by atoms with E-state index in [0.29, 0.717) is 11.3 Å². The Labute approximate surface area is 140 Å². The van der Waals surface area contributed by atoms with Gasteiger partial charge < -0.3 is 10.4 Å². The fraction of sp³-hybridized carbons (Fsp3) is 0.389.